The number of aryl methyl sites for hydroxylation is 2. The second-order valence-corrected chi connectivity index (χ2v) is 10.5. The number of methoxy groups -OCH3 is 1. The average Bonchev–Trinajstić information content (AvgIpc) is 2.89. The summed E-state index contributed by atoms with van der Waals surface area (Å²) in [6, 6.07) is 9.43. The number of aromatic nitrogens is 2. The largest absolute Gasteiger partial charge is 0.491 e. The zero-order valence-corrected chi connectivity index (χ0v) is 23.8. The number of aromatic amines is 1. The molecule has 2 heterocycles. The molecule has 38 heavy (non-hydrogen) atoms. The first-order valence-electron chi connectivity index (χ1n) is 13.7. The number of ether oxygens (including phenoxy) is 2. The van der Waals surface area contributed by atoms with Crippen molar-refractivity contribution in [2.24, 2.45) is 0 Å². The summed E-state index contributed by atoms with van der Waals surface area (Å²) in [6.07, 6.45) is 6.59. The molecule has 3 aromatic rings. The maximum Gasteiger partial charge on any atom is 0.253 e. The molecule has 1 saturated carbocycles. The summed E-state index contributed by atoms with van der Waals surface area (Å²) in [5.41, 5.74) is 3.65. The van der Waals surface area contributed by atoms with Crippen LogP contribution in [0.15, 0.2) is 35.3 Å². The van der Waals surface area contributed by atoms with Gasteiger partial charge in [-0.3, -0.25) is 4.79 Å². The highest BCUT2D eigenvalue weighted by Crippen LogP contribution is 2.38. The maximum atomic E-state index is 12.6. The lowest BCUT2D eigenvalue weighted by Crippen LogP contribution is -2.42. The molecule has 4 rings (SSSR count). The molecule has 0 radical (unpaired) electrons. The predicted octanol–water partition coefficient (Wildman–Crippen LogP) is 4.88. The number of fused-ring (bicyclic) bond motifs is 1. The monoisotopic (exact) mass is 521 g/mol. The minimum atomic E-state index is -0.0648. The van der Waals surface area contributed by atoms with Crippen LogP contribution in [0.25, 0.3) is 10.8 Å². The van der Waals surface area contributed by atoms with Crippen molar-refractivity contribution in [2.75, 3.05) is 51.2 Å². The van der Waals surface area contributed by atoms with Crippen molar-refractivity contribution in [3.8, 4) is 5.75 Å². The van der Waals surface area contributed by atoms with Crippen LogP contribution in [0.1, 0.15) is 49.4 Å². The molecule has 1 aliphatic rings. The molecule has 2 N–H and O–H groups in total. The predicted molar refractivity (Wildman–Crippen MR) is 156 cm³/mol. The number of hydrogen-bond acceptors (Lipinski definition) is 7. The Morgan fingerprint density at radius 3 is 2.45 bits per heavy atom. The number of nitrogens with one attached hydrogen (secondary N) is 2. The quantitative estimate of drug-likeness (QED) is 0.348. The van der Waals surface area contributed by atoms with E-state index in [-0.39, 0.29) is 5.56 Å². The minimum absolute atomic E-state index is 0.0648. The van der Waals surface area contributed by atoms with Gasteiger partial charge in [-0.1, -0.05) is 0 Å². The van der Waals surface area contributed by atoms with E-state index in [4.69, 9.17) is 9.47 Å². The van der Waals surface area contributed by atoms with Gasteiger partial charge in [-0.15, -0.1) is 0 Å². The number of pyridine rings is 2. The smallest absolute Gasteiger partial charge is 0.253 e. The van der Waals surface area contributed by atoms with E-state index in [1.165, 1.54) is 31.4 Å². The van der Waals surface area contributed by atoms with Crippen molar-refractivity contribution in [1.82, 2.24) is 14.9 Å². The third-order valence-corrected chi connectivity index (χ3v) is 7.80. The number of H-pyrrole nitrogens is 1. The number of benzene rings is 1. The molecule has 2 aromatic heterocycles. The maximum absolute atomic E-state index is 12.6. The number of rotatable bonds is 11. The number of nitrogens with zero attached hydrogens (tertiary/aromatic N) is 3. The first-order chi connectivity index (χ1) is 18.3. The molecular formula is C30H43N5O3. The third-order valence-electron chi connectivity index (χ3n) is 7.80. The Hall–Kier alpha value is -3.10. The minimum Gasteiger partial charge on any atom is -0.491 e. The van der Waals surface area contributed by atoms with E-state index in [1.54, 1.807) is 7.11 Å². The summed E-state index contributed by atoms with van der Waals surface area (Å²) >= 11 is 0. The van der Waals surface area contributed by atoms with Gasteiger partial charge < -0.3 is 29.6 Å². The zero-order chi connectivity index (χ0) is 27.2. The van der Waals surface area contributed by atoms with Crippen molar-refractivity contribution in [1.29, 1.82) is 0 Å². The second kappa shape index (κ2) is 12.6. The van der Waals surface area contributed by atoms with E-state index in [0.29, 0.717) is 31.8 Å². The first kappa shape index (κ1) is 27.9. The second-order valence-electron chi connectivity index (χ2n) is 10.5. The summed E-state index contributed by atoms with van der Waals surface area (Å²) < 4.78 is 11.3. The Morgan fingerprint density at radius 1 is 1.05 bits per heavy atom. The van der Waals surface area contributed by atoms with E-state index in [9.17, 15) is 4.79 Å². The Labute approximate surface area is 226 Å². The highest BCUT2D eigenvalue weighted by Gasteiger charge is 2.28. The van der Waals surface area contributed by atoms with Gasteiger partial charge in [-0.25, -0.2) is 4.98 Å². The summed E-state index contributed by atoms with van der Waals surface area (Å²) in [7, 11) is 6.05. The summed E-state index contributed by atoms with van der Waals surface area (Å²) in [4.78, 5) is 25.1. The number of hydrogen-bond donors (Lipinski definition) is 2. The van der Waals surface area contributed by atoms with Crippen molar-refractivity contribution >= 4 is 22.3 Å². The van der Waals surface area contributed by atoms with Gasteiger partial charge in [-0.2, -0.15) is 0 Å². The molecule has 8 heteroatoms. The van der Waals surface area contributed by atoms with Gasteiger partial charge in [-0.05, 0) is 84.3 Å². The lowest BCUT2D eigenvalue weighted by atomic mass is 9.89. The highest BCUT2D eigenvalue weighted by molar-refractivity contribution is 6.01. The Balaban J connectivity index is 1.70. The molecule has 0 unspecified atom stereocenters. The van der Waals surface area contributed by atoms with Gasteiger partial charge in [0.25, 0.3) is 5.56 Å². The van der Waals surface area contributed by atoms with Crippen molar-refractivity contribution in [3.63, 3.8) is 0 Å². The van der Waals surface area contributed by atoms with E-state index >= 15 is 0 Å². The summed E-state index contributed by atoms with van der Waals surface area (Å²) in [5, 5.41) is 5.56. The molecule has 0 bridgehead atoms. The van der Waals surface area contributed by atoms with E-state index < -0.39 is 0 Å². The lowest BCUT2D eigenvalue weighted by Gasteiger charge is -2.40. The van der Waals surface area contributed by atoms with Gasteiger partial charge in [0.15, 0.2) is 0 Å². The van der Waals surface area contributed by atoms with Crippen LogP contribution in [0.2, 0.25) is 0 Å². The molecule has 0 atom stereocenters. The normalized spacial score (nSPS) is 17.7. The van der Waals surface area contributed by atoms with Crippen LogP contribution < -0.4 is 20.5 Å². The topological polar surface area (TPSA) is 82.7 Å². The van der Waals surface area contributed by atoms with Crippen molar-refractivity contribution in [2.45, 2.75) is 65.1 Å². The SMILES string of the molecule is CCN(c1cc(OCCOC)cc2c(NCc3c(C)cc(C)[nH]c3=O)nccc12)C1CCC(N(C)C)CC1. The summed E-state index contributed by atoms with van der Waals surface area (Å²) in [5.74, 6) is 1.54. The molecule has 0 spiro atoms. The van der Waals surface area contributed by atoms with Gasteiger partial charge in [0.1, 0.15) is 18.2 Å². The lowest BCUT2D eigenvalue weighted by molar-refractivity contribution is 0.146. The van der Waals surface area contributed by atoms with Gasteiger partial charge in [0.2, 0.25) is 0 Å². The Kier molecular flexibility index (Phi) is 9.28. The van der Waals surface area contributed by atoms with E-state index in [2.05, 4.69) is 58.2 Å². The fraction of sp³-hybridized carbons (Fsp3) is 0.533. The first-order valence-corrected chi connectivity index (χ1v) is 13.7. The van der Waals surface area contributed by atoms with E-state index in [0.717, 1.165) is 45.7 Å². The molecule has 0 saturated heterocycles. The van der Waals surface area contributed by atoms with Crippen LogP contribution in [-0.2, 0) is 11.3 Å². The molecule has 1 aliphatic carbocycles. The van der Waals surface area contributed by atoms with Crippen LogP contribution in [0.5, 0.6) is 5.75 Å². The molecule has 0 amide bonds. The van der Waals surface area contributed by atoms with Crippen LogP contribution in [-0.4, -0.2) is 67.9 Å². The van der Waals surface area contributed by atoms with Gasteiger partial charge >= 0.3 is 0 Å². The van der Waals surface area contributed by atoms with Crippen molar-refractivity contribution in [3.05, 3.63) is 57.6 Å². The van der Waals surface area contributed by atoms with Gasteiger partial charge in [0.05, 0.1) is 6.61 Å². The standard InChI is InChI=1S/C30H43N5O3/c1-7-35(23-10-8-22(9-11-23)34(4)5)28-18-24(38-15-14-37-6)17-26-25(28)12-13-31-29(26)32-19-27-20(2)16-21(3)33-30(27)36/h12-13,16-18,22-23H,7-11,14-15,19H2,1-6H3,(H,31,32)(H,33,36). The van der Waals surface area contributed by atoms with Crippen molar-refractivity contribution < 1.29 is 9.47 Å². The van der Waals surface area contributed by atoms with Crippen LogP contribution in [0.3, 0.4) is 0 Å². The fourth-order valence-corrected chi connectivity index (χ4v) is 5.73. The molecular weight excluding hydrogens is 478 g/mol. The molecule has 1 fully saturated rings. The van der Waals surface area contributed by atoms with Gasteiger partial charge in [0, 0.05) is 72.3 Å². The Bertz CT molecular complexity index is 1280. The fourth-order valence-electron chi connectivity index (χ4n) is 5.73. The molecule has 8 nitrogen and oxygen atoms in total. The van der Waals surface area contributed by atoms with E-state index in [1.807, 2.05) is 32.2 Å². The highest BCUT2D eigenvalue weighted by atomic mass is 16.5. The molecule has 206 valence electrons. The number of anilines is 2. The molecule has 0 aliphatic heterocycles. The summed E-state index contributed by atoms with van der Waals surface area (Å²) in [6.45, 7) is 8.40. The Morgan fingerprint density at radius 2 is 1.79 bits per heavy atom. The zero-order valence-electron chi connectivity index (χ0n) is 23.8. The molecule has 1 aromatic carbocycles. The van der Waals surface area contributed by atoms with Crippen LogP contribution in [0, 0.1) is 13.8 Å². The van der Waals surface area contributed by atoms with Crippen LogP contribution in [0.4, 0.5) is 11.5 Å². The third kappa shape index (κ3) is 6.30. The average molecular weight is 522 g/mol. The van der Waals surface area contributed by atoms with Crippen LogP contribution >= 0.6 is 0 Å².